The molecule has 0 radical (unpaired) electrons. The molecule has 0 aliphatic heterocycles. The maximum atomic E-state index is 12.2. The second-order valence-electron chi connectivity index (χ2n) is 5.04. The highest BCUT2D eigenvalue weighted by molar-refractivity contribution is 7.14. The van der Waals surface area contributed by atoms with Crippen LogP contribution in [0.2, 0.25) is 0 Å². The van der Waals surface area contributed by atoms with Crippen molar-refractivity contribution in [2.24, 2.45) is 5.73 Å². The Morgan fingerprint density at radius 2 is 1.92 bits per heavy atom. The van der Waals surface area contributed by atoms with Gasteiger partial charge in [-0.15, -0.1) is 11.3 Å². The lowest BCUT2D eigenvalue weighted by Gasteiger charge is -2.21. The van der Waals surface area contributed by atoms with Crippen LogP contribution in [0, 0.1) is 0 Å². The van der Waals surface area contributed by atoms with Gasteiger partial charge in [-0.2, -0.15) is 0 Å². The van der Waals surface area contributed by atoms with Crippen LogP contribution in [0.4, 0.5) is 10.8 Å². The molecule has 0 saturated heterocycles. The van der Waals surface area contributed by atoms with E-state index in [2.05, 4.69) is 15.3 Å². The Bertz CT molecular complexity index is 791. The number of nitrogens with zero attached hydrogens (tertiary/aromatic N) is 3. The fourth-order valence-electron chi connectivity index (χ4n) is 2.22. The van der Waals surface area contributed by atoms with Crippen LogP contribution in [0.3, 0.4) is 0 Å². The van der Waals surface area contributed by atoms with E-state index >= 15 is 0 Å². The lowest BCUT2D eigenvalue weighted by Crippen LogP contribution is -2.37. The minimum absolute atomic E-state index is 0.153. The first-order chi connectivity index (χ1) is 11.8. The van der Waals surface area contributed by atoms with Crippen LogP contribution in [0.15, 0.2) is 60.2 Å². The molecule has 0 bridgehead atoms. The molecule has 1 amide bonds. The summed E-state index contributed by atoms with van der Waals surface area (Å²) in [6.07, 6.45) is 3.43. The van der Waals surface area contributed by atoms with Gasteiger partial charge in [0.15, 0.2) is 5.13 Å². The third kappa shape index (κ3) is 3.95. The van der Waals surface area contributed by atoms with Gasteiger partial charge in [0.25, 0.3) is 0 Å². The molecule has 0 spiro atoms. The van der Waals surface area contributed by atoms with E-state index in [1.165, 1.54) is 11.3 Å². The molecule has 3 N–H and O–H groups in total. The van der Waals surface area contributed by atoms with Crippen molar-refractivity contribution in [3.63, 3.8) is 0 Å². The lowest BCUT2D eigenvalue weighted by molar-refractivity contribution is -0.115. The Hall–Kier alpha value is -2.77. The van der Waals surface area contributed by atoms with Gasteiger partial charge in [0, 0.05) is 29.0 Å². The smallest absolute Gasteiger partial charge is 0.245 e. The van der Waals surface area contributed by atoms with Crippen molar-refractivity contribution in [2.45, 2.75) is 0 Å². The number of anilines is 2. The monoisotopic (exact) mass is 339 g/mol. The van der Waals surface area contributed by atoms with Crippen molar-refractivity contribution in [2.75, 3.05) is 23.4 Å². The molecule has 0 aliphatic carbocycles. The minimum atomic E-state index is -0.153. The summed E-state index contributed by atoms with van der Waals surface area (Å²) in [6, 6.07) is 13.4. The van der Waals surface area contributed by atoms with Crippen LogP contribution in [0.25, 0.3) is 11.3 Å². The number of hydrogen-bond donors (Lipinski definition) is 2. The first kappa shape index (κ1) is 16.1. The third-order valence-electron chi connectivity index (χ3n) is 3.40. The Kier molecular flexibility index (Phi) is 5.15. The van der Waals surface area contributed by atoms with E-state index < -0.39 is 0 Å². The Morgan fingerprint density at radius 3 is 2.62 bits per heavy atom. The zero-order chi connectivity index (χ0) is 16.8. The van der Waals surface area contributed by atoms with E-state index in [4.69, 9.17) is 5.73 Å². The van der Waals surface area contributed by atoms with E-state index in [9.17, 15) is 4.79 Å². The molecule has 24 heavy (non-hydrogen) atoms. The van der Waals surface area contributed by atoms with Crippen molar-refractivity contribution < 1.29 is 4.79 Å². The molecule has 2 aromatic heterocycles. The van der Waals surface area contributed by atoms with E-state index in [0.717, 1.165) is 16.9 Å². The highest BCUT2D eigenvalue weighted by Crippen LogP contribution is 2.24. The van der Waals surface area contributed by atoms with Gasteiger partial charge in [-0.05, 0) is 24.3 Å². The van der Waals surface area contributed by atoms with Gasteiger partial charge in [-0.3, -0.25) is 9.78 Å². The lowest BCUT2D eigenvalue weighted by atomic mass is 10.2. The number of nitrogens with two attached hydrogens (primary N) is 1. The number of rotatable bonds is 6. The molecule has 122 valence electrons. The van der Waals surface area contributed by atoms with Crippen LogP contribution in [-0.4, -0.2) is 29.1 Å². The normalized spacial score (nSPS) is 10.4. The predicted molar refractivity (Wildman–Crippen MR) is 96.8 cm³/mol. The van der Waals surface area contributed by atoms with Crippen LogP contribution in [0.1, 0.15) is 0 Å². The molecule has 7 heteroatoms. The molecule has 2 heterocycles. The number of hydrogen-bond acceptors (Lipinski definition) is 6. The van der Waals surface area contributed by atoms with Crippen molar-refractivity contribution >= 4 is 28.1 Å². The Morgan fingerprint density at radius 1 is 1.17 bits per heavy atom. The quantitative estimate of drug-likeness (QED) is 0.674. The molecule has 0 aliphatic rings. The van der Waals surface area contributed by atoms with E-state index in [1.54, 1.807) is 17.3 Å². The van der Waals surface area contributed by atoms with Gasteiger partial charge < -0.3 is 16.0 Å². The number of amides is 1. The zero-order valence-corrected chi connectivity index (χ0v) is 13.7. The van der Waals surface area contributed by atoms with Crippen LogP contribution in [-0.2, 0) is 4.79 Å². The number of benzene rings is 1. The topological polar surface area (TPSA) is 84.1 Å². The summed E-state index contributed by atoms with van der Waals surface area (Å²) in [5.74, 6) is -0.153. The molecule has 1 aromatic carbocycles. The van der Waals surface area contributed by atoms with Gasteiger partial charge in [0.1, 0.15) is 0 Å². The summed E-state index contributed by atoms with van der Waals surface area (Å²) in [5.41, 5.74) is 8.45. The fraction of sp³-hybridized carbons (Fsp3) is 0.118. The zero-order valence-electron chi connectivity index (χ0n) is 12.9. The van der Waals surface area contributed by atoms with Gasteiger partial charge in [0.2, 0.25) is 5.91 Å². The maximum Gasteiger partial charge on any atom is 0.245 e. The van der Waals surface area contributed by atoms with Crippen LogP contribution >= 0.6 is 11.3 Å². The summed E-state index contributed by atoms with van der Waals surface area (Å²) in [4.78, 5) is 22.5. The highest BCUT2D eigenvalue weighted by Gasteiger charge is 2.12. The van der Waals surface area contributed by atoms with E-state index in [1.807, 2.05) is 47.8 Å². The number of carbonyl (C=O) groups is 1. The van der Waals surface area contributed by atoms with Gasteiger partial charge in [-0.25, -0.2) is 4.98 Å². The molecule has 3 aromatic rings. The summed E-state index contributed by atoms with van der Waals surface area (Å²) in [6.45, 7) is 0.433. The number of pyridine rings is 1. The number of thiazole rings is 1. The molecule has 0 atom stereocenters. The van der Waals surface area contributed by atoms with Crippen molar-refractivity contribution in [1.82, 2.24) is 9.97 Å². The Balaban J connectivity index is 1.64. The molecule has 0 fully saturated rings. The van der Waals surface area contributed by atoms with Gasteiger partial charge >= 0.3 is 0 Å². The fourth-order valence-corrected chi connectivity index (χ4v) is 2.95. The van der Waals surface area contributed by atoms with Gasteiger partial charge in [0.05, 0.1) is 18.9 Å². The standard InChI is InChI=1S/C17H17N5OS/c18-12-22(14-4-2-1-3-5-14)10-16(23)21-17-20-15(11-24-17)13-6-8-19-9-7-13/h1-9,11H,10,12,18H2,(H,20,21,23). The van der Waals surface area contributed by atoms with Gasteiger partial charge in [-0.1, -0.05) is 18.2 Å². The minimum Gasteiger partial charge on any atom is -0.350 e. The van der Waals surface area contributed by atoms with E-state index in [-0.39, 0.29) is 19.1 Å². The average molecular weight is 339 g/mol. The molecule has 0 unspecified atom stereocenters. The Labute approximate surface area is 144 Å². The largest absolute Gasteiger partial charge is 0.350 e. The number of para-hydroxylation sites is 1. The van der Waals surface area contributed by atoms with Crippen molar-refractivity contribution in [3.05, 3.63) is 60.2 Å². The molecule has 0 saturated carbocycles. The summed E-state index contributed by atoms with van der Waals surface area (Å²) in [7, 11) is 0. The predicted octanol–water partition coefficient (Wildman–Crippen LogP) is 2.57. The molecule has 3 rings (SSSR count). The average Bonchev–Trinajstić information content (AvgIpc) is 3.09. The molecular formula is C17H17N5OS. The highest BCUT2D eigenvalue weighted by atomic mass is 32.1. The molecule has 6 nitrogen and oxygen atoms in total. The first-order valence-corrected chi connectivity index (χ1v) is 8.30. The second-order valence-corrected chi connectivity index (χ2v) is 5.90. The maximum absolute atomic E-state index is 12.2. The first-order valence-electron chi connectivity index (χ1n) is 7.42. The summed E-state index contributed by atoms with van der Waals surface area (Å²) >= 11 is 1.39. The number of carbonyl (C=O) groups excluding carboxylic acids is 1. The second kappa shape index (κ2) is 7.67. The van der Waals surface area contributed by atoms with Crippen molar-refractivity contribution in [1.29, 1.82) is 0 Å². The summed E-state index contributed by atoms with van der Waals surface area (Å²) < 4.78 is 0. The van der Waals surface area contributed by atoms with Crippen LogP contribution in [0.5, 0.6) is 0 Å². The SMILES string of the molecule is NCN(CC(=O)Nc1nc(-c2ccncc2)cs1)c1ccccc1. The summed E-state index contributed by atoms with van der Waals surface area (Å²) in [5, 5.41) is 5.29. The molecular weight excluding hydrogens is 322 g/mol. The van der Waals surface area contributed by atoms with Crippen LogP contribution < -0.4 is 16.0 Å². The van der Waals surface area contributed by atoms with Crippen molar-refractivity contribution in [3.8, 4) is 11.3 Å². The number of nitrogens with one attached hydrogen (secondary N) is 1. The number of aromatic nitrogens is 2. The van der Waals surface area contributed by atoms with E-state index in [0.29, 0.717) is 5.13 Å². The third-order valence-corrected chi connectivity index (χ3v) is 4.16.